The van der Waals surface area contributed by atoms with E-state index in [1.165, 1.54) is 12.1 Å². The minimum absolute atomic E-state index is 0.287. The highest BCUT2D eigenvalue weighted by Gasteiger charge is 2.34. The third kappa shape index (κ3) is 3.67. The summed E-state index contributed by atoms with van der Waals surface area (Å²) in [6.07, 6.45) is 1.58. The average Bonchev–Trinajstić information content (AvgIpc) is 3.31. The molecule has 1 aromatic heterocycles. The number of rotatable bonds is 3. The number of hydrogen-bond donors (Lipinski definition) is 1. The molecule has 4 rings (SSSR count). The fraction of sp³-hybridized carbons (Fsp3) is 0.250. The lowest BCUT2D eigenvalue weighted by molar-refractivity contribution is 0.193. The summed E-state index contributed by atoms with van der Waals surface area (Å²) in [5, 5.41) is 6.79. The number of halogens is 1. The van der Waals surface area contributed by atoms with Gasteiger partial charge in [-0.15, -0.1) is 0 Å². The van der Waals surface area contributed by atoms with E-state index in [1.54, 1.807) is 17.0 Å². The third-order valence-electron chi connectivity index (χ3n) is 4.59. The number of carbonyl (C=O) groups excluding carboxylic acids is 1. The van der Waals surface area contributed by atoms with E-state index in [0.717, 1.165) is 24.0 Å². The summed E-state index contributed by atoms with van der Waals surface area (Å²) in [6, 6.07) is 13.1. The summed E-state index contributed by atoms with van der Waals surface area (Å²) in [5.74, 6) is 0.523. The van der Waals surface area contributed by atoms with Gasteiger partial charge in [-0.05, 0) is 44.0 Å². The Labute approximate surface area is 156 Å². The van der Waals surface area contributed by atoms with Crippen molar-refractivity contribution in [3.63, 3.8) is 0 Å². The minimum Gasteiger partial charge on any atom is -0.337 e. The molecular formula is C20H19FN4O2. The highest BCUT2D eigenvalue weighted by Crippen LogP contribution is 2.32. The maximum absolute atomic E-state index is 13.3. The van der Waals surface area contributed by atoms with Crippen LogP contribution in [0.4, 0.5) is 14.9 Å². The predicted octanol–water partition coefficient (Wildman–Crippen LogP) is 4.55. The van der Waals surface area contributed by atoms with Gasteiger partial charge >= 0.3 is 6.03 Å². The molecule has 3 aromatic rings. The first-order valence-electron chi connectivity index (χ1n) is 8.84. The molecule has 2 aromatic carbocycles. The molecule has 0 bridgehead atoms. The Bertz CT molecular complexity index is 972. The zero-order valence-corrected chi connectivity index (χ0v) is 14.9. The van der Waals surface area contributed by atoms with E-state index in [9.17, 15) is 9.18 Å². The topological polar surface area (TPSA) is 71.3 Å². The van der Waals surface area contributed by atoms with Gasteiger partial charge in [-0.1, -0.05) is 35.0 Å². The van der Waals surface area contributed by atoms with Crippen molar-refractivity contribution in [1.82, 2.24) is 15.0 Å². The van der Waals surface area contributed by atoms with Crippen LogP contribution >= 0.6 is 0 Å². The molecule has 6 nitrogen and oxygen atoms in total. The second-order valence-electron chi connectivity index (χ2n) is 6.62. The smallest absolute Gasteiger partial charge is 0.322 e. The number of aromatic nitrogens is 2. The second kappa shape index (κ2) is 7.19. The van der Waals surface area contributed by atoms with E-state index < -0.39 is 5.82 Å². The summed E-state index contributed by atoms with van der Waals surface area (Å²) in [4.78, 5) is 18.8. The molecule has 1 fully saturated rings. The molecular weight excluding hydrogens is 347 g/mol. The zero-order chi connectivity index (χ0) is 18.8. The van der Waals surface area contributed by atoms with Crippen molar-refractivity contribution in [3.8, 4) is 11.4 Å². The number of urea groups is 1. The maximum atomic E-state index is 13.3. The molecule has 138 valence electrons. The Morgan fingerprint density at radius 3 is 2.93 bits per heavy atom. The van der Waals surface area contributed by atoms with E-state index in [1.807, 2.05) is 31.2 Å². The van der Waals surface area contributed by atoms with Crippen LogP contribution in [0.25, 0.3) is 11.4 Å². The Kier molecular flexibility index (Phi) is 4.58. The van der Waals surface area contributed by atoms with Gasteiger partial charge < -0.3 is 14.7 Å². The normalized spacial score (nSPS) is 16.5. The van der Waals surface area contributed by atoms with Crippen LogP contribution in [0.3, 0.4) is 0 Å². The largest absolute Gasteiger partial charge is 0.337 e. The lowest BCUT2D eigenvalue weighted by Gasteiger charge is -2.22. The van der Waals surface area contributed by atoms with Crippen LogP contribution < -0.4 is 5.32 Å². The second-order valence-corrected chi connectivity index (χ2v) is 6.62. The quantitative estimate of drug-likeness (QED) is 0.738. The highest BCUT2D eigenvalue weighted by molar-refractivity contribution is 5.89. The number of aryl methyl sites for hydroxylation is 1. The number of anilines is 1. The number of carbonyl (C=O) groups is 1. The fourth-order valence-corrected chi connectivity index (χ4v) is 3.30. The van der Waals surface area contributed by atoms with Crippen molar-refractivity contribution in [2.45, 2.75) is 25.8 Å². The molecule has 1 N–H and O–H groups in total. The first-order chi connectivity index (χ1) is 13.1. The summed E-state index contributed by atoms with van der Waals surface area (Å²) >= 11 is 0. The number of nitrogens with one attached hydrogen (secondary N) is 1. The fourth-order valence-electron chi connectivity index (χ4n) is 3.30. The van der Waals surface area contributed by atoms with Crippen molar-refractivity contribution in [3.05, 3.63) is 65.8 Å². The first-order valence-corrected chi connectivity index (χ1v) is 8.84. The van der Waals surface area contributed by atoms with Crippen LogP contribution in [0.15, 0.2) is 53.1 Å². The van der Waals surface area contributed by atoms with E-state index in [0.29, 0.717) is 23.9 Å². The van der Waals surface area contributed by atoms with Gasteiger partial charge in [-0.3, -0.25) is 0 Å². The number of benzene rings is 2. The van der Waals surface area contributed by atoms with Crippen LogP contribution in [0.1, 0.15) is 30.3 Å². The van der Waals surface area contributed by atoms with Crippen LogP contribution in [-0.2, 0) is 0 Å². The van der Waals surface area contributed by atoms with Crippen molar-refractivity contribution in [1.29, 1.82) is 0 Å². The molecule has 2 heterocycles. The van der Waals surface area contributed by atoms with Gasteiger partial charge in [0.25, 0.3) is 0 Å². The molecule has 1 atom stereocenters. The lowest BCUT2D eigenvalue weighted by atomic mass is 10.1. The summed E-state index contributed by atoms with van der Waals surface area (Å²) in [7, 11) is 0. The van der Waals surface area contributed by atoms with Crippen molar-refractivity contribution in [2.75, 3.05) is 11.9 Å². The van der Waals surface area contributed by atoms with E-state index in [2.05, 4.69) is 15.5 Å². The third-order valence-corrected chi connectivity index (χ3v) is 4.59. The molecule has 2 amide bonds. The van der Waals surface area contributed by atoms with Crippen LogP contribution in [0.2, 0.25) is 0 Å². The molecule has 0 unspecified atom stereocenters. The molecule has 0 saturated carbocycles. The van der Waals surface area contributed by atoms with Gasteiger partial charge in [-0.25, -0.2) is 9.18 Å². The summed E-state index contributed by atoms with van der Waals surface area (Å²) < 4.78 is 18.8. The molecule has 0 aliphatic carbocycles. The summed E-state index contributed by atoms with van der Waals surface area (Å²) in [5.41, 5.74) is 2.39. The van der Waals surface area contributed by atoms with Gasteiger partial charge in [0.15, 0.2) is 0 Å². The van der Waals surface area contributed by atoms with Crippen LogP contribution in [0, 0.1) is 12.7 Å². The highest BCUT2D eigenvalue weighted by atomic mass is 19.1. The van der Waals surface area contributed by atoms with Gasteiger partial charge in [0.05, 0.1) is 0 Å². The average molecular weight is 366 g/mol. The van der Waals surface area contributed by atoms with Crippen LogP contribution in [0.5, 0.6) is 0 Å². The zero-order valence-electron chi connectivity index (χ0n) is 14.9. The van der Waals surface area contributed by atoms with E-state index in [-0.39, 0.29) is 12.1 Å². The monoisotopic (exact) mass is 366 g/mol. The molecule has 0 spiro atoms. The van der Waals surface area contributed by atoms with Gasteiger partial charge in [-0.2, -0.15) is 4.98 Å². The Morgan fingerprint density at radius 1 is 1.26 bits per heavy atom. The molecule has 7 heteroatoms. The number of likely N-dealkylation sites (tertiary alicyclic amines) is 1. The van der Waals surface area contributed by atoms with E-state index in [4.69, 9.17) is 4.52 Å². The molecule has 27 heavy (non-hydrogen) atoms. The van der Waals surface area contributed by atoms with Crippen LogP contribution in [-0.4, -0.2) is 27.6 Å². The first kappa shape index (κ1) is 17.2. The number of hydrogen-bond acceptors (Lipinski definition) is 4. The molecule has 1 saturated heterocycles. The molecule has 1 aliphatic rings. The van der Waals surface area contributed by atoms with E-state index >= 15 is 0 Å². The standard InChI is InChI=1S/C20H19FN4O2/c1-13-5-2-6-14(11-13)18-23-19(27-24-18)17-9-4-10-25(17)20(26)22-16-8-3-7-15(21)12-16/h2-3,5-8,11-12,17H,4,9-10H2,1H3,(H,22,26)/t17-/m0/s1. The summed E-state index contributed by atoms with van der Waals surface area (Å²) in [6.45, 7) is 2.58. The Hall–Kier alpha value is -3.22. The molecule has 1 aliphatic heterocycles. The molecule has 0 radical (unpaired) electrons. The predicted molar refractivity (Wildman–Crippen MR) is 98.6 cm³/mol. The SMILES string of the molecule is Cc1cccc(-c2noc([C@@H]3CCCN3C(=O)Nc3cccc(F)c3)n2)c1. The Balaban J connectivity index is 1.52. The Morgan fingerprint density at radius 2 is 2.11 bits per heavy atom. The van der Waals surface area contributed by atoms with Crippen molar-refractivity contribution in [2.24, 2.45) is 0 Å². The van der Waals surface area contributed by atoms with Gasteiger partial charge in [0.2, 0.25) is 11.7 Å². The van der Waals surface area contributed by atoms with Crippen molar-refractivity contribution >= 4 is 11.7 Å². The number of nitrogens with zero attached hydrogens (tertiary/aromatic N) is 3. The maximum Gasteiger partial charge on any atom is 0.322 e. The van der Waals surface area contributed by atoms with Gasteiger partial charge in [0, 0.05) is 17.8 Å². The minimum atomic E-state index is -0.398. The van der Waals surface area contributed by atoms with Gasteiger partial charge in [0.1, 0.15) is 11.9 Å². The van der Waals surface area contributed by atoms with Crippen molar-refractivity contribution < 1.29 is 13.7 Å². The lowest BCUT2D eigenvalue weighted by Crippen LogP contribution is -2.34. The number of amides is 2.